The lowest BCUT2D eigenvalue weighted by Gasteiger charge is -2.33. The quantitative estimate of drug-likeness (QED) is 0.816. The van der Waals surface area contributed by atoms with Crippen LogP contribution in [0.1, 0.15) is 31.4 Å². The molecule has 2 fully saturated rings. The lowest BCUT2D eigenvalue weighted by Crippen LogP contribution is -2.47. The molecule has 25 heavy (non-hydrogen) atoms. The average Bonchev–Trinajstić information content (AvgIpc) is 3.11. The molecule has 0 radical (unpaired) electrons. The number of hydrogen-bond acceptors (Lipinski definition) is 5. The summed E-state index contributed by atoms with van der Waals surface area (Å²) >= 11 is 0. The van der Waals surface area contributed by atoms with Crippen molar-refractivity contribution in [3.8, 4) is 11.5 Å². The van der Waals surface area contributed by atoms with Crippen LogP contribution in [0.3, 0.4) is 0 Å². The van der Waals surface area contributed by atoms with E-state index in [0.717, 1.165) is 38.0 Å². The number of nitrogens with zero attached hydrogens (tertiary/aromatic N) is 2. The fourth-order valence-electron chi connectivity index (χ4n) is 3.79. The molecule has 1 aromatic carbocycles. The zero-order chi connectivity index (χ0) is 17.8. The Labute approximate surface area is 149 Å². The number of hydrogen-bond donors (Lipinski definition) is 0. The lowest BCUT2D eigenvalue weighted by molar-refractivity contribution is -0.135. The summed E-state index contributed by atoms with van der Waals surface area (Å²) in [5.74, 6) is 1.62. The third-order valence-electron chi connectivity index (χ3n) is 5.05. The van der Waals surface area contributed by atoms with E-state index < -0.39 is 0 Å². The van der Waals surface area contributed by atoms with Crippen molar-refractivity contribution in [1.29, 1.82) is 0 Å². The van der Waals surface area contributed by atoms with E-state index in [-0.39, 0.29) is 18.1 Å². The van der Waals surface area contributed by atoms with E-state index in [4.69, 9.17) is 14.2 Å². The van der Waals surface area contributed by atoms with Crippen molar-refractivity contribution in [2.75, 3.05) is 47.0 Å². The van der Waals surface area contributed by atoms with Crippen molar-refractivity contribution in [2.45, 2.75) is 31.9 Å². The van der Waals surface area contributed by atoms with E-state index >= 15 is 0 Å². The molecule has 6 heteroatoms. The Bertz CT molecular complexity index is 607. The van der Waals surface area contributed by atoms with Crippen molar-refractivity contribution in [3.05, 3.63) is 23.8 Å². The number of carbonyl (C=O) groups excluding carboxylic acids is 1. The van der Waals surface area contributed by atoms with Gasteiger partial charge in [-0.1, -0.05) is 6.07 Å². The van der Waals surface area contributed by atoms with Gasteiger partial charge in [-0.25, -0.2) is 0 Å². The smallest absolute Gasteiger partial charge is 0.237 e. The number of benzene rings is 1. The molecule has 1 amide bonds. The van der Waals surface area contributed by atoms with Gasteiger partial charge >= 0.3 is 0 Å². The van der Waals surface area contributed by atoms with Crippen LogP contribution >= 0.6 is 0 Å². The number of amides is 1. The maximum atomic E-state index is 12.9. The summed E-state index contributed by atoms with van der Waals surface area (Å²) in [5.41, 5.74) is 1.11. The first-order valence-electron chi connectivity index (χ1n) is 8.97. The monoisotopic (exact) mass is 348 g/mol. The van der Waals surface area contributed by atoms with Gasteiger partial charge in [0.05, 0.1) is 39.5 Å². The van der Waals surface area contributed by atoms with E-state index in [2.05, 4.69) is 11.8 Å². The second-order valence-electron chi connectivity index (χ2n) is 6.78. The molecule has 0 aromatic heterocycles. The molecule has 2 saturated heterocycles. The molecule has 3 rings (SSSR count). The fourth-order valence-corrected chi connectivity index (χ4v) is 3.79. The summed E-state index contributed by atoms with van der Waals surface area (Å²) in [6.45, 7) is 5.69. The van der Waals surface area contributed by atoms with Gasteiger partial charge in [-0.05, 0) is 37.5 Å². The van der Waals surface area contributed by atoms with Crippen molar-refractivity contribution in [1.82, 2.24) is 9.80 Å². The minimum atomic E-state index is 0.116. The highest BCUT2D eigenvalue weighted by Crippen LogP contribution is 2.36. The van der Waals surface area contributed by atoms with Crippen LogP contribution < -0.4 is 9.47 Å². The Morgan fingerprint density at radius 1 is 1.24 bits per heavy atom. The van der Waals surface area contributed by atoms with Crippen LogP contribution in [0.2, 0.25) is 0 Å². The maximum Gasteiger partial charge on any atom is 0.237 e. The Balaban J connectivity index is 1.70. The number of likely N-dealkylation sites (tertiary alicyclic amines) is 1. The van der Waals surface area contributed by atoms with Gasteiger partial charge in [0.1, 0.15) is 0 Å². The predicted molar refractivity (Wildman–Crippen MR) is 95.1 cm³/mol. The van der Waals surface area contributed by atoms with Crippen molar-refractivity contribution in [3.63, 3.8) is 0 Å². The first kappa shape index (κ1) is 18.0. The molecule has 138 valence electrons. The molecule has 0 saturated carbocycles. The van der Waals surface area contributed by atoms with Crippen LogP contribution in [-0.2, 0) is 9.53 Å². The highest BCUT2D eigenvalue weighted by molar-refractivity contribution is 5.79. The third kappa shape index (κ3) is 4.07. The summed E-state index contributed by atoms with van der Waals surface area (Å²) in [4.78, 5) is 17.1. The predicted octanol–water partition coefficient (Wildman–Crippen LogP) is 2.09. The Morgan fingerprint density at radius 3 is 2.76 bits per heavy atom. The van der Waals surface area contributed by atoms with Crippen molar-refractivity contribution < 1.29 is 19.0 Å². The van der Waals surface area contributed by atoms with E-state index in [9.17, 15) is 4.79 Å². The third-order valence-corrected chi connectivity index (χ3v) is 5.05. The molecule has 2 aliphatic heterocycles. The van der Waals surface area contributed by atoms with Gasteiger partial charge in [-0.2, -0.15) is 0 Å². The van der Waals surface area contributed by atoms with Gasteiger partial charge in [-0.15, -0.1) is 0 Å². The van der Waals surface area contributed by atoms with Crippen LogP contribution in [0.4, 0.5) is 0 Å². The minimum absolute atomic E-state index is 0.116. The van der Waals surface area contributed by atoms with Gasteiger partial charge < -0.3 is 19.1 Å². The van der Waals surface area contributed by atoms with Crippen molar-refractivity contribution >= 4 is 5.91 Å². The van der Waals surface area contributed by atoms with Crippen LogP contribution in [0.5, 0.6) is 11.5 Å². The van der Waals surface area contributed by atoms with Gasteiger partial charge in [0, 0.05) is 19.6 Å². The molecule has 0 bridgehead atoms. The number of ether oxygens (including phenoxy) is 3. The van der Waals surface area contributed by atoms with Crippen molar-refractivity contribution in [2.24, 2.45) is 0 Å². The molecule has 1 aromatic rings. The molecule has 6 nitrogen and oxygen atoms in total. The summed E-state index contributed by atoms with van der Waals surface area (Å²) in [7, 11) is 3.27. The molecule has 2 aliphatic rings. The molecule has 0 unspecified atom stereocenters. The fraction of sp³-hybridized carbons (Fsp3) is 0.632. The molecular weight excluding hydrogens is 320 g/mol. The molecular formula is C19H28N2O4. The molecule has 2 atom stereocenters. The molecule has 0 aliphatic carbocycles. The summed E-state index contributed by atoms with van der Waals surface area (Å²) in [6, 6.07) is 6.06. The maximum absolute atomic E-state index is 12.9. The van der Waals surface area contributed by atoms with Crippen LogP contribution in [0.25, 0.3) is 0 Å². The Kier molecular flexibility index (Phi) is 5.81. The first-order valence-corrected chi connectivity index (χ1v) is 8.97. The molecule has 0 N–H and O–H groups in total. The largest absolute Gasteiger partial charge is 0.493 e. The van der Waals surface area contributed by atoms with Crippen LogP contribution in [0, 0.1) is 0 Å². The summed E-state index contributed by atoms with van der Waals surface area (Å²) in [6.07, 6.45) is 2.21. The van der Waals surface area contributed by atoms with E-state index in [1.54, 1.807) is 14.2 Å². The second-order valence-corrected chi connectivity index (χ2v) is 6.78. The molecule has 2 heterocycles. The minimum Gasteiger partial charge on any atom is -0.493 e. The molecule has 0 spiro atoms. The normalized spacial score (nSPS) is 24.4. The van der Waals surface area contributed by atoms with E-state index in [0.29, 0.717) is 24.7 Å². The topological polar surface area (TPSA) is 51.2 Å². The SMILES string of the molecule is COc1ccc([C@H]2CCCN2C(=O)CN2CCO[C@@H](C)C2)cc1OC. The number of morpholine rings is 1. The first-order chi connectivity index (χ1) is 12.1. The van der Waals surface area contributed by atoms with Gasteiger partial charge in [0.15, 0.2) is 11.5 Å². The average molecular weight is 348 g/mol. The summed E-state index contributed by atoms with van der Waals surface area (Å²) < 4.78 is 16.3. The number of rotatable bonds is 5. The standard InChI is InChI=1S/C19H28N2O4/c1-14-12-20(9-10-25-14)13-19(22)21-8-4-5-16(21)15-6-7-17(23-2)18(11-15)24-3/h6-7,11,14,16H,4-5,8-10,12-13H2,1-3H3/t14-,16+/m0/s1. The van der Waals surface area contributed by atoms with Gasteiger partial charge in [0.2, 0.25) is 5.91 Å². The Morgan fingerprint density at radius 2 is 2.04 bits per heavy atom. The highest BCUT2D eigenvalue weighted by atomic mass is 16.5. The van der Waals surface area contributed by atoms with E-state index in [1.807, 2.05) is 23.1 Å². The van der Waals surface area contributed by atoms with Gasteiger partial charge in [0.25, 0.3) is 0 Å². The Hall–Kier alpha value is -1.79. The number of methoxy groups -OCH3 is 2. The van der Waals surface area contributed by atoms with Crippen LogP contribution in [-0.4, -0.2) is 68.8 Å². The van der Waals surface area contributed by atoms with Gasteiger partial charge in [-0.3, -0.25) is 9.69 Å². The summed E-state index contributed by atoms with van der Waals surface area (Å²) in [5, 5.41) is 0. The number of carbonyl (C=O) groups is 1. The lowest BCUT2D eigenvalue weighted by atomic mass is 10.0. The van der Waals surface area contributed by atoms with E-state index in [1.165, 1.54) is 0 Å². The zero-order valence-corrected chi connectivity index (χ0v) is 15.4. The second kappa shape index (κ2) is 8.06. The van der Waals surface area contributed by atoms with Crippen LogP contribution in [0.15, 0.2) is 18.2 Å². The highest BCUT2D eigenvalue weighted by Gasteiger charge is 2.32. The zero-order valence-electron chi connectivity index (χ0n) is 15.4.